The molecule has 0 aliphatic rings. The van der Waals surface area contributed by atoms with Crippen LogP contribution in [-0.4, -0.2) is 12.1 Å². The summed E-state index contributed by atoms with van der Waals surface area (Å²) < 4.78 is 13.1. The number of aldehydes is 1. The molecule has 0 fully saturated rings. The molecule has 0 radical (unpaired) electrons. The second-order valence-corrected chi connectivity index (χ2v) is 2.71. The molecule has 0 amide bonds. The Morgan fingerprint density at radius 1 is 1.57 bits per heavy atom. The number of halogens is 1. The normalized spacial score (nSPS) is 9.21. The van der Waals surface area contributed by atoms with E-state index >= 15 is 0 Å². The Morgan fingerprint density at radius 2 is 2.21 bits per heavy atom. The van der Waals surface area contributed by atoms with Crippen molar-refractivity contribution in [3.63, 3.8) is 0 Å². The van der Waals surface area contributed by atoms with Gasteiger partial charge in [0.2, 0.25) is 0 Å². The van der Waals surface area contributed by atoms with E-state index in [-0.39, 0.29) is 23.0 Å². The first-order chi connectivity index (χ1) is 6.60. The average Bonchev–Trinajstić information content (AvgIpc) is 2.16. The minimum atomic E-state index is -0.843. The van der Waals surface area contributed by atoms with Crippen LogP contribution in [0.1, 0.15) is 33.2 Å². The first-order valence-electron chi connectivity index (χ1n) is 3.80. The van der Waals surface area contributed by atoms with Crippen molar-refractivity contribution in [2.45, 2.75) is 6.92 Å². The molecule has 1 aromatic rings. The first kappa shape index (κ1) is 10.1. The van der Waals surface area contributed by atoms with E-state index < -0.39 is 11.6 Å². The highest BCUT2D eigenvalue weighted by Crippen LogP contribution is 2.15. The second kappa shape index (κ2) is 3.79. The zero-order chi connectivity index (χ0) is 10.7. The van der Waals surface area contributed by atoms with Gasteiger partial charge in [0.1, 0.15) is 5.82 Å². The molecule has 70 valence electrons. The van der Waals surface area contributed by atoms with Crippen molar-refractivity contribution < 1.29 is 14.0 Å². The molecule has 1 aromatic carbocycles. The van der Waals surface area contributed by atoms with Crippen molar-refractivity contribution in [3.05, 3.63) is 34.6 Å². The number of hydrogen-bond donors (Lipinski definition) is 0. The van der Waals surface area contributed by atoms with Crippen LogP contribution >= 0.6 is 0 Å². The summed E-state index contributed by atoms with van der Waals surface area (Å²) in [5.41, 5.74) is -0.327. The highest BCUT2D eigenvalue weighted by molar-refractivity contribution is 6.01. The van der Waals surface area contributed by atoms with Gasteiger partial charge in [-0.1, -0.05) is 0 Å². The highest BCUT2D eigenvalue weighted by atomic mass is 19.1. The van der Waals surface area contributed by atoms with E-state index in [1.54, 1.807) is 6.07 Å². The van der Waals surface area contributed by atoms with Crippen LogP contribution in [0.15, 0.2) is 12.1 Å². The minimum Gasteiger partial charge on any atom is -0.298 e. The average molecular weight is 191 g/mol. The molecule has 4 heteroatoms. The van der Waals surface area contributed by atoms with Crippen LogP contribution < -0.4 is 0 Å². The lowest BCUT2D eigenvalue weighted by Crippen LogP contribution is -2.02. The Morgan fingerprint density at radius 3 is 2.64 bits per heavy atom. The molecule has 14 heavy (non-hydrogen) atoms. The lowest BCUT2D eigenvalue weighted by Gasteiger charge is -2.02. The smallest absolute Gasteiger partial charge is 0.160 e. The van der Waals surface area contributed by atoms with Gasteiger partial charge in [0.25, 0.3) is 0 Å². The molecule has 0 heterocycles. The van der Waals surface area contributed by atoms with Crippen molar-refractivity contribution in [1.82, 2.24) is 0 Å². The fourth-order valence-corrected chi connectivity index (χ4v) is 1.09. The Kier molecular flexibility index (Phi) is 2.73. The van der Waals surface area contributed by atoms with Gasteiger partial charge in [-0.2, -0.15) is 5.26 Å². The zero-order valence-corrected chi connectivity index (χ0v) is 7.37. The van der Waals surface area contributed by atoms with Gasteiger partial charge in [-0.3, -0.25) is 9.59 Å². The molecule has 1 rings (SSSR count). The number of nitrogens with zero attached hydrogens (tertiary/aromatic N) is 1. The largest absolute Gasteiger partial charge is 0.298 e. The summed E-state index contributed by atoms with van der Waals surface area (Å²) in [7, 11) is 0. The van der Waals surface area contributed by atoms with Crippen LogP contribution in [0, 0.1) is 17.1 Å². The van der Waals surface area contributed by atoms with Crippen LogP contribution in [0.5, 0.6) is 0 Å². The topological polar surface area (TPSA) is 57.9 Å². The summed E-state index contributed by atoms with van der Waals surface area (Å²) in [5.74, 6) is -1.28. The molecule has 0 spiro atoms. The van der Waals surface area contributed by atoms with E-state index in [2.05, 4.69) is 0 Å². The Bertz CT molecular complexity index is 446. The molecule has 0 N–H and O–H groups in total. The lowest BCUT2D eigenvalue weighted by atomic mass is 10.0. The van der Waals surface area contributed by atoms with Gasteiger partial charge in [0.15, 0.2) is 12.1 Å². The Balaban J connectivity index is 3.53. The van der Waals surface area contributed by atoms with Crippen LogP contribution in [-0.2, 0) is 0 Å². The Labute approximate surface area is 79.8 Å². The standard InChI is InChI=1S/C10H6FNO2/c1-6(14)8-2-7(4-12)3-10(11)9(8)5-13/h2-3,5H,1H3. The number of rotatable bonds is 2. The van der Waals surface area contributed by atoms with E-state index in [0.717, 1.165) is 6.07 Å². The molecule has 0 aliphatic carbocycles. The van der Waals surface area contributed by atoms with Crippen LogP contribution in [0.3, 0.4) is 0 Å². The molecular formula is C10H6FNO2. The summed E-state index contributed by atoms with van der Waals surface area (Å²) in [6, 6.07) is 3.84. The third-order valence-corrected chi connectivity index (χ3v) is 1.76. The maximum Gasteiger partial charge on any atom is 0.160 e. The summed E-state index contributed by atoms with van der Waals surface area (Å²) in [4.78, 5) is 21.5. The van der Waals surface area contributed by atoms with Crippen molar-refractivity contribution in [3.8, 4) is 6.07 Å². The number of benzene rings is 1. The van der Waals surface area contributed by atoms with Gasteiger partial charge >= 0.3 is 0 Å². The highest BCUT2D eigenvalue weighted by Gasteiger charge is 2.13. The Hall–Kier alpha value is -2.02. The fraction of sp³-hybridized carbons (Fsp3) is 0.100. The number of ketones is 1. The van der Waals surface area contributed by atoms with Crippen LogP contribution in [0.25, 0.3) is 0 Å². The van der Waals surface area contributed by atoms with Gasteiger partial charge in [-0.05, 0) is 19.1 Å². The number of hydrogen-bond acceptors (Lipinski definition) is 3. The van der Waals surface area contributed by atoms with Crippen molar-refractivity contribution in [2.75, 3.05) is 0 Å². The summed E-state index contributed by atoms with van der Waals surface area (Å²) in [6.07, 6.45) is 0.271. The van der Waals surface area contributed by atoms with E-state index in [4.69, 9.17) is 5.26 Å². The summed E-state index contributed by atoms with van der Waals surface area (Å²) in [6.45, 7) is 1.21. The van der Waals surface area contributed by atoms with Gasteiger partial charge in [0.05, 0.1) is 17.2 Å². The molecular weight excluding hydrogens is 185 g/mol. The van der Waals surface area contributed by atoms with Crippen LogP contribution in [0.4, 0.5) is 4.39 Å². The van der Waals surface area contributed by atoms with Gasteiger partial charge in [-0.25, -0.2) is 4.39 Å². The van der Waals surface area contributed by atoms with E-state index in [1.165, 1.54) is 13.0 Å². The van der Waals surface area contributed by atoms with E-state index in [0.29, 0.717) is 0 Å². The molecule has 0 atom stereocenters. The van der Waals surface area contributed by atoms with Crippen molar-refractivity contribution in [1.29, 1.82) is 5.26 Å². The van der Waals surface area contributed by atoms with Gasteiger partial charge in [-0.15, -0.1) is 0 Å². The third kappa shape index (κ3) is 1.67. The predicted molar refractivity (Wildman–Crippen MR) is 46.5 cm³/mol. The molecule has 0 bridgehead atoms. The number of carbonyl (C=O) groups excluding carboxylic acids is 2. The lowest BCUT2D eigenvalue weighted by molar-refractivity contribution is 0.100. The molecule has 0 aliphatic heterocycles. The van der Waals surface area contributed by atoms with Crippen molar-refractivity contribution >= 4 is 12.1 Å². The SMILES string of the molecule is CC(=O)c1cc(C#N)cc(F)c1C=O. The second-order valence-electron chi connectivity index (χ2n) is 2.71. The minimum absolute atomic E-state index is 0.0262. The molecule has 0 saturated carbocycles. The first-order valence-corrected chi connectivity index (χ1v) is 3.80. The predicted octanol–water partition coefficient (Wildman–Crippen LogP) is 1.71. The summed E-state index contributed by atoms with van der Waals surface area (Å²) >= 11 is 0. The molecule has 3 nitrogen and oxygen atoms in total. The fourth-order valence-electron chi connectivity index (χ4n) is 1.09. The van der Waals surface area contributed by atoms with Gasteiger partial charge < -0.3 is 0 Å². The maximum absolute atomic E-state index is 13.1. The summed E-state index contributed by atoms with van der Waals surface area (Å²) in [5, 5.41) is 8.52. The molecule has 0 unspecified atom stereocenters. The zero-order valence-electron chi connectivity index (χ0n) is 7.37. The number of nitriles is 1. The number of Topliss-reactive ketones (excluding diaryl/α,β-unsaturated/α-hetero) is 1. The van der Waals surface area contributed by atoms with Crippen LogP contribution in [0.2, 0.25) is 0 Å². The van der Waals surface area contributed by atoms with E-state index in [9.17, 15) is 14.0 Å². The quantitative estimate of drug-likeness (QED) is 0.528. The van der Waals surface area contributed by atoms with Crippen molar-refractivity contribution in [2.24, 2.45) is 0 Å². The van der Waals surface area contributed by atoms with E-state index in [1.807, 2.05) is 0 Å². The molecule has 0 aromatic heterocycles. The third-order valence-electron chi connectivity index (χ3n) is 1.76. The maximum atomic E-state index is 13.1. The molecule has 0 saturated heterocycles. The van der Waals surface area contributed by atoms with Gasteiger partial charge in [0, 0.05) is 5.56 Å². The number of carbonyl (C=O) groups is 2. The monoisotopic (exact) mass is 191 g/mol.